The van der Waals surface area contributed by atoms with Crippen molar-refractivity contribution in [2.24, 2.45) is 0 Å². The molecule has 1 aromatic carbocycles. The zero-order valence-electron chi connectivity index (χ0n) is 14.8. The van der Waals surface area contributed by atoms with Gasteiger partial charge >= 0.3 is 0 Å². The maximum absolute atomic E-state index is 12.8. The van der Waals surface area contributed by atoms with Crippen LogP contribution in [0.15, 0.2) is 29.2 Å². The van der Waals surface area contributed by atoms with E-state index in [2.05, 4.69) is 4.90 Å². The highest BCUT2D eigenvalue weighted by Crippen LogP contribution is 2.25. The molecular weight excluding hydrogens is 426 g/mol. The minimum Gasteiger partial charge on any atom is -0.358 e. The van der Waals surface area contributed by atoms with Gasteiger partial charge in [-0.3, -0.25) is 4.79 Å². The number of nitrogens with zero attached hydrogens (tertiary/aromatic N) is 3. The fraction of sp³-hybridized carbons (Fsp3) is 0.529. The number of piperazine rings is 1. The standard InChI is InChI=1S/C17H22ClN3O3S3/c18-14-5-1-2-6-15(14)27(23,24)21-11-9-19(10-12-21)16(22)13-26-17(25)20-7-3-4-8-20/h1-2,5-6H,3-4,7-13H2. The highest BCUT2D eigenvalue weighted by atomic mass is 35.5. The summed E-state index contributed by atoms with van der Waals surface area (Å²) in [5, 5.41) is 0.211. The molecule has 0 aromatic heterocycles. The van der Waals surface area contributed by atoms with Gasteiger partial charge < -0.3 is 9.80 Å². The molecule has 2 fully saturated rings. The Kier molecular flexibility index (Phi) is 7.02. The van der Waals surface area contributed by atoms with Crippen molar-refractivity contribution in [2.75, 3.05) is 45.0 Å². The van der Waals surface area contributed by atoms with Crippen molar-refractivity contribution in [3.63, 3.8) is 0 Å². The second-order valence-electron chi connectivity index (χ2n) is 6.46. The van der Waals surface area contributed by atoms with E-state index in [4.69, 9.17) is 23.8 Å². The summed E-state index contributed by atoms with van der Waals surface area (Å²) in [7, 11) is -3.65. The van der Waals surface area contributed by atoms with Crippen molar-refractivity contribution >= 4 is 55.8 Å². The Hall–Kier alpha value is -0.870. The molecule has 6 nitrogen and oxygen atoms in total. The molecule has 0 unspecified atom stereocenters. The fourth-order valence-electron chi connectivity index (χ4n) is 3.18. The van der Waals surface area contributed by atoms with Crippen molar-refractivity contribution in [1.29, 1.82) is 0 Å². The number of thiocarbonyl (C=S) groups is 1. The summed E-state index contributed by atoms with van der Waals surface area (Å²) < 4.78 is 27.7. The van der Waals surface area contributed by atoms with Crippen molar-refractivity contribution in [1.82, 2.24) is 14.1 Å². The van der Waals surface area contributed by atoms with Crippen molar-refractivity contribution in [3.05, 3.63) is 29.3 Å². The largest absolute Gasteiger partial charge is 0.358 e. The smallest absolute Gasteiger partial charge is 0.244 e. The first-order valence-corrected chi connectivity index (χ1v) is 12.0. The lowest BCUT2D eigenvalue weighted by atomic mass is 10.3. The molecule has 0 bridgehead atoms. The van der Waals surface area contributed by atoms with E-state index in [-0.39, 0.29) is 28.9 Å². The maximum Gasteiger partial charge on any atom is 0.244 e. The van der Waals surface area contributed by atoms with Gasteiger partial charge in [0, 0.05) is 39.3 Å². The predicted octanol–water partition coefficient (Wildman–Crippen LogP) is 2.29. The first kappa shape index (κ1) is 20.9. The normalized spacial score (nSPS) is 18.7. The monoisotopic (exact) mass is 447 g/mol. The number of amides is 1. The molecule has 0 saturated carbocycles. The number of sulfonamides is 1. The zero-order valence-corrected chi connectivity index (χ0v) is 18.0. The number of carbonyl (C=O) groups is 1. The molecular formula is C17H22ClN3O3S3. The average molecular weight is 448 g/mol. The SMILES string of the molecule is O=C(CSC(=S)N1CCCC1)N1CCN(S(=O)(=O)c2ccccc2Cl)CC1. The van der Waals surface area contributed by atoms with E-state index in [1.54, 1.807) is 23.1 Å². The number of benzene rings is 1. The van der Waals surface area contributed by atoms with Gasteiger partial charge in [-0.1, -0.05) is 47.7 Å². The van der Waals surface area contributed by atoms with Gasteiger partial charge in [-0.05, 0) is 25.0 Å². The van der Waals surface area contributed by atoms with Crippen LogP contribution >= 0.6 is 35.6 Å². The van der Waals surface area contributed by atoms with Gasteiger partial charge in [0.05, 0.1) is 10.8 Å². The van der Waals surface area contributed by atoms with Crippen LogP contribution in [-0.4, -0.2) is 77.8 Å². The van der Waals surface area contributed by atoms with Gasteiger partial charge in [-0.2, -0.15) is 4.31 Å². The highest BCUT2D eigenvalue weighted by Gasteiger charge is 2.31. The Labute approximate surface area is 174 Å². The van der Waals surface area contributed by atoms with E-state index >= 15 is 0 Å². The maximum atomic E-state index is 12.8. The summed E-state index contributed by atoms with van der Waals surface area (Å²) in [6, 6.07) is 6.42. The van der Waals surface area contributed by atoms with Crippen LogP contribution in [0.3, 0.4) is 0 Å². The van der Waals surface area contributed by atoms with Gasteiger partial charge in [-0.25, -0.2) is 8.42 Å². The molecule has 148 valence electrons. The molecule has 0 atom stereocenters. The van der Waals surface area contributed by atoms with Crippen LogP contribution < -0.4 is 0 Å². The van der Waals surface area contributed by atoms with E-state index < -0.39 is 10.0 Å². The van der Waals surface area contributed by atoms with Gasteiger partial charge in [0.15, 0.2) is 0 Å². The van der Waals surface area contributed by atoms with Crippen LogP contribution in [0, 0.1) is 0 Å². The number of rotatable bonds is 4. The minimum absolute atomic E-state index is 0.00339. The number of likely N-dealkylation sites (tertiary alicyclic amines) is 1. The molecule has 10 heteroatoms. The molecule has 1 aromatic rings. The van der Waals surface area contributed by atoms with E-state index in [1.807, 2.05) is 0 Å². The van der Waals surface area contributed by atoms with E-state index in [1.165, 1.54) is 22.1 Å². The molecule has 3 rings (SSSR count). The minimum atomic E-state index is -3.65. The van der Waals surface area contributed by atoms with Gasteiger partial charge in [-0.15, -0.1) is 0 Å². The second kappa shape index (κ2) is 9.09. The summed E-state index contributed by atoms with van der Waals surface area (Å²) in [4.78, 5) is 16.4. The van der Waals surface area contributed by atoms with Crippen molar-refractivity contribution in [3.8, 4) is 0 Å². The number of thioether (sulfide) groups is 1. The fourth-order valence-corrected chi connectivity index (χ4v) is 6.25. The molecule has 27 heavy (non-hydrogen) atoms. The van der Waals surface area contributed by atoms with E-state index in [9.17, 15) is 13.2 Å². The van der Waals surface area contributed by atoms with Gasteiger partial charge in [0.1, 0.15) is 9.22 Å². The summed E-state index contributed by atoms with van der Waals surface area (Å²) in [6.07, 6.45) is 2.30. The summed E-state index contributed by atoms with van der Waals surface area (Å²) >= 11 is 12.8. The number of halogens is 1. The van der Waals surface area contributed by atoms with Crippen LogP contribution in [0.5, 0.6) is 0 Å². The number of carbonyl (C=O) groups excluding carboxylic acids is 1. The molecule has 2 aliphatic heterocycles. The topological polar surface area (TPSA) is 60.9 Å². The number of hydrogen-bond acceptors (Lipinski definition) is 5. The Balaban J connectivity index is 1.51. The van der Waals surface area contributed by atoms with E-state index in [0.717, 1.165) is 30.3 Å². The van der Waals surface area contributed by atoms with Crippen molar-refractivity contribution < 1.29 is 13.2 Å². The lowest BCUT2D eigenvalue weighted by Gasteiger charge is -2.34. The third-order valence-electron chi connectivity index (χ3n) is 4.73. The second-order valence-corrected chi connectivity index (χ2v) is 10.4. The Morgan fingerprint density at radius 2 is 1.67 bits per heavy atom. The molecule has 2 heterocycles. The first-order chi connectivity index (χ1) is 12.9. The molecule has 0 spiro atoms. The van der Waals surface area contributed by atoms with Crippen LogP contribution in [0.4, 0.5) is 0 Å². The first-order valence-electron chi connectivity index (χ1n) is 8.84. The Bertz CT molecular complexity index is 805. The molecule has 1 amide bonds. The molecule has 0 N–H and O–H groups in total. The third kappa shape index (κ3) is 4.95. The summed E-state index contributed by atoms with van der Waals surface area (Å²) in [5.41, 5.74) is 0. The number of hydrogen-bond donors (Lipinski definition) is 0. The molecule has 0 aliphatic carbocycles. The predicted molar refractivity (Wildman–Crippen MR) is 113 cm³/mol. The van der Waals surface area contributed by atoms with Crippen LogP contribution in [0.2, 0.25) is 5.02 Å². The van der Waals surface area contributed by atoms with Gasteiger partial charge in [0.25, 0.3) is 0 Å². The molecule has 2 aliphatic rings. The van der Waals surface area contributed by atoms with Crippen LogP contribution in [-0.2, 0) is 14.8 Å². The third-order valence-corrected chi connectivity index (χ3v) is 8.64. The highest BCUT2D eigenvalue weighted by molar-refractivity contribution is 8.23. The van der Waals surface area contributed by atoms with Gasteiger partial charge in [0.2, 0.25) is 15.9 Å². The Morgan fingerprint density at radius 1 is 1.04 bits per heavy atom. The van der Waals surface area contributed by atoms with Crippen LogP contribution in [0.25, 0.3) is 0 Å². The summed E-state index contributed by atoms with van der Waals surface area (Å²) in [6.45, 7) is 3.22. The summed E-state index contributed by atoms with van der Waals surface area (Å²) in [5.74, 6) is 0.295. The lowest BCUT2D eigenvalue weighted by Crippen LogP contribution is -2.51. The zero-order chi connectivity index (χ0) is 19.4. The van der Waals surface area contributed by atoms with Crippen LogP contribution in [0.1, 0.15) is 12.8 Å². The quantitative estimate of drug-likeness (QED) is 0.660. The van der Waals surface area contributed by atoms with E-state index in [0.29, 0.717) is 18.8 Å². The Morgan fingerprint density at radius 3 is 2.30 bits per heavy atom. The average Bonchev–Trinajstić information content (AvgIpc) is 3.21. The molecule has 0 radical (unpaired) electrons. The van der Waals surface area contributed by atoms with Crippen molar-refractivity contribution in [2.45, 2.75) is 17.7 Å². The lowest BCUT2D eigenvalue weighted by molar-refractivity contribution is -0.129. The molecule has 2 saturated heterocycles.